The number of carbonyl (C=O) groups excluding carboxylic acids is 1. The predicted molar refractivity (Wildman–Crippen MR) is 128 cm³/mol. The average Bonchev–Trinajstić information content (AvgIpc) is 2.80. The Bertz CT molecular complexity index is 895. The number of amides is 1. The van der Waals surface area contributed by atoms with E-state index in [1.165, 1.54) is 55.7 Å². The minimum atomic E-state index is -0.665. The lowest BCUT2D eigenvalue weighted by molar-refractivity contribution is -0.125. The SMILES string of the molecule is COc1ccc(-c2ccc(=O)n(C(C)C(=O)NC3CCCCCCCCCCC3)n2)cc1. The summed E-state index contributed by atoms with van der Waals surface area (Å²) in [5, 5.41) is 7.71. The number of nitrogens with zero attached hydrogens (tertiary/aromatic N) is 2. The first-order valence-corrected chi connectivity index (χ1v) is 12.1. The molecule has 32 heavy (non-hydrogen) atoms. The lowest BCUT2D eigenvalue weighted by atomic mass is 9.98. The Morgan fingerprint density at radius 3 is 2.06 bits per heavy atom. The molecule has 1 aromatic carbocycles. The number of hydrogen-bond acceptors (Lipinski definition) is 4. The number of methoxy groups -OCH3 is 1. The summed E-state index contributed by atoms with van der Waals surface area (Å²) in [6, 6.07) is 10.2. The highest BCUT2D eigenvalue weighted by atomic mass is 16.5. The Hall–Kier alpha value is -2.63. The largest absolute Gasteiger partial charge is 0.497 e. The van der Waals surface area contributed by atoms with E-state index >= 15 is 0 Å². The molecule has 1 amide bonds. The van der Waals surface area contributed by atoms with Crippen molar-refractivity contribution in [2.45, 2.75) is 89.6 Å². The van der Waals surface area contributed by atoms with E-state index in [1.54, 1.807) is 20.1 Å². The van der Waals surface area contributed by atoms with E-state index in [4.69, 9.17) is 4.74 Å². The van der Waals surface area contributed by atoms with Crippen molar-refractivity contribution in [3.8, 4) is 17.0 Å². The molecule has 0 saturated heterocycles. The smallest absolute Gasteiger partial charge is 0.267 e. The van der Waals surface area contributed by atoms with Gasteiger partial charge in [-0.1, -0.05) is 57.8 Å². The predicted octanol–water partition coefficient (Wildman–Crippen LogP) is 5.27. The van der Waals surface area contributed by atoms with Crippen LogP contribution in [-0.4, -0.2) is 28.8 Å². The molecule has 3 rings (SSSR count). The summed E-state index contributed by atoms with van der Waals surface area (Å²) in [6.45, 7) is 1.75. The van der Waals surface area contributed by atoms with Crippen LogP contribution in [0.15, 0.2) is 41.2 Å². The van der Waals surface area contributed by atoms with Crippen LogP contribution in [0.3, 0.4) is 0 Å². The number of hydrogen-bond donors (Lipinski definition) is 1. The Morgan fingerprint density at radius 1 is 0.938 bits per heavy atom. The highest BCUT2D eigenvalue weighted by Gasteiger charge is 2.21. The summed E-state index contributed by atoms with van der Waals surface area (Å²) < 4.78 is 6.50. The van der Waals surface area contributed by atoms with Crippen LogP contribution in [-0.2, 0) is 4.79 Å². The molecule has 1 N–H and O–H groups in total. The Kier molecular flexibility index (Phi) is 9.32. The fourth-order valence-corrected chi connectivity index (χ4v) is 4.36. The molecule has 1 aliphatic rings. The molecular formula is C26H37N3O3. The number of ether oxygens (including phenoxy) is 1. The van der Waals surface area contributed by atoms with Crippen molar-refractivity contribution < 1.29 is 9.53 Å². The summed E-state index contributed by atoms with van der Waals surface area (Å²) in [6.07, 6.45) is 13.3. The molecule has 0 radical (unpaired) electrons. The second-order valence-electron chi connectivity index (χ2n) is 8.87. The van der Waals surface area contributed by atoms with Crippen LogP contribution < -0.4 is 15.6 Å². The molecule has 0 spiro atoms. The van der Waals surface area contributed by atoms with Crippen LogP contribution in [0.4, 0.5) is 0 Å². The van der Waals surface area contributed by atoms with Gasteiger partial charge in [0.15, 0.2) is 0 Å². The summed E-state index contributed by atoms with van der Waals surface area (Å²) in [4.78, 5) is 25.5. The van der Waals surface area contributed by atoms with Crippen molar-refractivity contribution in [3.63, 3.8) is 0 Å². The van der Waals surface area contributed by atoms with E-state index in [0.29, 0.717) is 5.69 Å². The maximum Gasteiger partial charge on any atom is 0.267 e. The standard InChI is InChI=1S/C26H37N3O3/c1-20(26(31)27-22-12-10-8-6-4-3-5-7-9-11-13-22)29-25(30)19-18-24(28-29)21-14-16-23(32-2)17-15-21/h14-20,22H,3-13H2,1-2H3,(H,27,31). The third-order valence-electron chi connectivity index (χ3n) is 6.41. The summed E-state index contributed by atoms with van der Waals surface area (Å²) in [5.41, 5.74) is 1.24. The first-order valence-electron chi connectivity index (χ1n) is 12.1. The summed E-state index contributed by atoms with van der Waals surface area (Å²) >= 11 is 0. The van der Waals surface area contributed by atoms with Crippen LogP contribution in [0.1, 0.15) is 83.6 Å². The lowest BCUT2D eigenvalue weighted by Gasteiger charge is -2.22. The van der Waals surface area contributed by atoms with E-state index in [-0.39, 0.29) is 17.5 Å². The van der Waals surface area contributed by atoms with Gasteiger partial charge in [-0.05, 0) is 50.1 Å². The number of nitrogens with one attached hydrogen (secondary N) is 1. The van der Waals surface area contributed by atoms with E-state index in [9.17, 15) is 9.59 Å². The molecule has 1 aliphatic carbocycles. The first kappa shape index (κ1) is 24.0. The summed E-state index contributed by atoms with van der Waals surface area (Å²) in [5.74, 6) is 0.621. The minimum absolute atomic E-state index is 0.136. The van der Waals surface area contributed by atoms with Gasteiger partial charge in [-0.2, -0.15) is 5.10 Å². The van der Waals surface area contributed by atoms with Gasteiger partial charge in [-0.25, -0.2) is 4.68 Å². The normalized spacial score (nSPS) is 17.6. The van der Waals surface area contributed by atoms with Crippen LogP contribution in [0.2, 0.25) is 0 Å². The second kappa shape index (κ2) is 12.4. The van der Waals surface area contributed by atoms with Gasteiger partial charge in [0.2, 0.25) is 5.91 Å². The highest BCUT2D eigenvalue weighted by Crippen LogP contribution is 2.21. The number of rotatable bonds is 5. The van der Waals surface area contributed by atoms with Crippen LogP contribution >= 0.6 is 0 Å². The lowest BCUT2D eigenvalue weighted by Crippen LogP contribution is -2.42. The van der Waals surface area contributed by atoms with Crippen molar-refractivity contribution in [1.82, 2.24) is 15.1 Å². The van der Waals surface area contributed by atoms with Crippen molar-refractivity contribution in [2.24, 2.45) is 0 Å². The van der Waals surface area contributed by atoms with E-state index in [0.717, 1.165) is 37.0 Å². The van der Waals surface area contributed by atoms with Gasteiger partial charge >= 0.3 is 0 Å². The van der Waals surface area contributed by atoms with Crippen LogP contribution in [0.5, 0.6) is 5.75 Å². The monoisotopic (exact) mass is 439 g/mol. The second-order valence-corrected chi connectivity index (χ2v) is 8.87. The Labute approximate surface area is 191 Å². The molecule has 0 aliphatic heterocycles. The van der Waals surface area contributed by atoms with Crippen molar-refractivity contribution in [3.05, 3.63) is 46.8 Å². The molecule has 1 unspecified atom stereocenters. The molecule has 1 atom stereocenters. The molecular weight excluding hydrogens is 402 g/mol. The fourth-order valence-electron chi connectivity index (χ4n) is 4.36. The van der Waals surface area contributed by atoms with Gasteiger partial charge in [0, 0.05) is 17.7 Å². The number of carbonyl (C=O) groups is 1. The molecule has 174 valence electrons. The third kappa shape index (κ3) is 6.94. The van der Waals surface area contributed by atoms with Gasteiger partial charge in [0.05, 0.1) is 12.8 Å². The molecule has 0 bridgehead atoms. The zero-order chi connectivity index (χ0) is 22.8. The molecule has 1 fully saturated rings. The topological polar surface area (TPSA) is 73.2 Å². The fraction of sp³-hybridized carbons (Fsp3) is 0.577. The quantitative estimate of drug-likeness (QED) is 0.689. The summed E-state index contributed by atoms with van der Waals surface area (Å²) in [7, 11) is 1.62. The van der Waals surface area contributed by atoms with Crippen molar-refractivity contribution in [2.75, 3.05) is 7.11 Å². The zero-order valence-electron chi connectivity index (χ0n) is 19.5. The van der Waals surface area contributed by atoms with Gasteiger partial charge in [-0.3, -0.25) is 9.59 Å². The number of aromatic nitrogens is 2. The maximum absolute atomic E-state index is 13.0. The zero-order valence-corrected chi connectivity index (χ0v) is 19.5. The number of benzene rings is 1. The van der Waals surface area contributed by atoms with E-state index in [2.05, 4.69) is 10.4 Å². The maximum atomic E-state index is 13.0. The van der Waals surface area contributed by atoms with Gasteiger partial charge in [-0.15, -0.1) is 0 Å². The average molecular weight is 440 g/mol. The van der Waals surface area contributed by atoms with Crippen LogP contribution in [0, 0.1) is 0 Å². The highest BCUT2D eigenvalue weighted by molar-refractivity contribution is 5.80. The van der Waals surface area contributed by atoms with Gasteiger partial charge < -0.3 is 10.1 Å². The molecule has 1 saturated carbocycles. The Morgan fingerprint density at radius 2 is 1.50 bits per heavy atom. The van der Waals surface area contributed by atoms with Crippen LogP contribution in [0.25, 0.3) is 11.3 Å². The first-order chi connectivity index (χ1) is 15.6. The van der Waals surface area contributed by atoms with E-state index < -0.39 is 6.04 Å². The molecule has 6 nitrogen and oxygen atoms in total. The van der Waals surface area contributed by atoms with Crippen molar-refractivity contribution in [1.29, 1.82) is 0 Å². The van der Waals surface area contributed by atoms with E-state index in [1.807, 2.05) is 24.3 Å². The van der Waals surface area contributed by atoms with Gasteiger partial charge in [0.25, 0.3) is 5.56 Å². The molecule has 1 aromatic heterocycles. The molecule has 2 aromatic rings. The Balaban J connectivity index is 1.68. The van der Waals surface area contributed by atoms with Gasteiger partial charge in [0.1, 0.15) is 11.8 Å². The minimum Gasteiger partial charge on any atom is -0.497 e. The molecule has 6 heteroatoms. The molecule has 1 heterocycles. The van der Waals surface area contributed by atoms with Crippen molar-refractivity contribution >= 4 is 5.91 Å². The third-order valence-corrected chi connectivity index (χ3v) is 6.41.